The van der Waals surface area contributed by atoms with Gasteiger partial charge in [-0.05, 0) is 36.6 Å². The van der Waals surface area contributed by atoms with Crippen molar-refractivity contribution in [2.24, 2.45) is 7.05 Å². The summed E-state index contributed by atoms with van der Waals surface area (Å²) in [6.45, 7) is 0. The van der Waals surface area contributed by atoms with Gasteiger partial charge in [-0.2, -0.15) is 5.10 Å². The average molecular weight is 299 g/mol. The highest BCUT2D eigenvalue weighted by atomic mass is 16.4. The first-order valence-electron chi connectivity index (χ1n) is 7.19. The predicted molar refractivity (Wildman–Crippen MR) is 80.9 cm³/mol. The van der Waals surface area contributed by atoms with Crippen molar-refractivity contribution in [3.63, 3.8) is 0 Å². The van der Waals surface area contributed by atoms with E-state index in [4.69, 9.17) is 5.11 Å². The molecule has 0 bridgehead atoms. The molecule has 1 aliphatic rings. The molecular formula is C16H17N3O3. The van der Waals surface area contributed by atoms with Crippen LogP contribution in [0.25, 0.3) is 0 Å². The van der Waals surface area contributed by atoms with E-state index in [0.717, 1.165) is 18.5 Å². The highest BCUT2D eigenvalue weighted by Crippen LogP contribution is 2.39. The van der Waals surface area contributed by atoms with Crippen LogP contribution < -0.4 is 5.32 Å². The fourth-order valence-electron chi connectivity index (χ4n) is 2.43. The summed E-state index contributed by atoms with van der Waals surface area (Å²) >= 11 is 0. The van der Waals surface area contributed by atoms with Crippen molar-refractivity contribution in [3.8, 4) is 0 Å². The largest absolute Gasteiger partial charge is 0.481 e. The standard InChI is InChI=1S/C16H17N3O3/c1-19-14(11-4-5-11)9-13(18-19)16(22)17-12-6-2-10(3-7-12)8-15(20)21/h2-3,6-7,9,11H,4-5,8H2,1H3,(H,17,22)(H,20,21). The second-order valence-corrected chi connectivity index (χ2v) is 5.57. The number of hydrogen-bond acceptors (Lipinski definition) is 3. The Hall–Kier alpha value is -2.63. The summed E-state index contributed by atoms with van der Waals surface area (Å²) in [5, 5.41) is 15.8. The Kier molecular flexibility index (Phi) is 3.66. The number of benzene rings is 1. The number of nitrogens with one attached hydrogen (secondary N) is 1. The minimum Gasteiger partial charge on any atom is -0.481 e. The smallest absolute Gasteiger partial charge is 0.307 e. The monoisotopic (exact) mass is 299 g/mol. The van der Waals surface area contributed by atoms with Crippen LogP contribution in [0.3, 0.4) is 0 Å². The Bertz CT molecular complexity index is 715. The highest BCUT2D eigenvalue weighted by Gasteiger charge is 2.28. The second-order valence-electron chi connectivity index (χ2n) is 5.57. The Morgan fingerprint density at radius 1 is 1.32 bits per heavy atom. The quantitative estimate of drug-likeness (QED) is 0.886. The molecule has 1 saturated carbocycles. The van der Waals surface area contributed by atoms with Crippen LogP contribution in [0, 0.1) is 0 Å². The fourth-order valence-corrected chi connectivity index (χ4v) is 2.43. The molecular weight excluding hydrogens is 282 g/mol. The zero-order valence-corrected chi connectivity index (χ0v) is 12.2. The van der Waals surface area contributed by atoms with Crippen molar-refractivity contribution in [1.82, 2.24) is 9.78 Å². The van der Waals surface area contributed by atoms with E-state index in [9.17, 15) is 9.59 Å². The zero-order chi connectivity index (χ0) is 15.7. The van der Waals surface area contributed by atoms with Crippen LogP contribution in [0.5, 0.6) is 0 Å². The second kappa shape index (κ2) is 5.63. The van der Waals surface area contributed by atoms with Gasteiger partial charge in [0.25, 0.3) is 5.91 Å². The number of aliphatic carboxylic acids is 1. The zero-order valence-electron chi connectivity index (χ0n) is 12.2. The van der Waals surface area contributed by atoms with Crippen LogP contribution in [0.15, 0.2) is 30.3 Å². The third-order valence-corrected chi connectivity index (χ3v) is 3.71. The number of aromatic nitrogens is 2. The van der Waals surface area contributed by atoms with E-state index in [-0.39, 0.29) is 12.3 Å². The summed E-state index contributed by atoms with van der Waals surface area (Å²) in [5.41, 5.74) is 2.82. The molecule has 1 aromatic heterocycles. The molecule has 2 aromatic rings. The summed E-state index contributed by atoms with van der Waals surface area (Å²) in [7, 11) is 1.85. The molecule has 22 heavy (non-hydrogen) atoms. The fraction of sp³-hybridized carbons (Fsp3) is 0.312. The highest BCUT2D eigenvalue weighted by molar-refractivity contribution is 6.02. The van der Waals surface area contributed by atoms with E-state index in [1.54, 1.807) is 28.9 Å². The molecule has 1 amide bonds. The normalized spacial score (nSPS) is 13.9. The number of carboxylic acids is 1. The number of anilines is 1. The number of nitrogens with zero attached hydrogens (tertiary/aromatic N) is 2. The number of aryl methyl sites for hydroxylation is 1. The van der Waals surface area contributed by atoms with Crippen LogP contribution in [0.2, 0.25) is 0 Å². The van der Waals surface area contributed by atoms with Crippen LogP contribution in [0.1, 0.15) is 40.5 Å². The first-order chi connectivity index (χ1) is 10.5. The van der Waals surface area contributed by atoms with Gasteiger partial charge < -0.3 is 10.4 Å². The van der Waals surface area contributed by atoms with E-state index in [2.05, 4.69) is 10.4 Å². The molecule has 1 heterocycles. The molecule has 0 unspecified atom stereocenters. The molecule has 2 N–H and O–H groups in total. The van der Waals surface area contributed by atoms with Gasteiger partial charge in [0.1, 0.15) is 0 Å². The number of carboxylic acid groups (broad SMARTS) is 1. The van der Waals surface area contributed by atoms with Crippen molar-refractivity contribution in [3.05, 3.63) is 47.3 Å². The summed E-state index contributed by atoms with van der Waals surface area (Å²) in [5.74, 6) is -0.597. The first kappa shape index (κ1) is 14.3. The van der Waals surface area contributed by atoms with Crippen molar-refractivity contribution >= 4 is 17.6 Å². The number of rotatable bonds is 5. The first-order valence-corrected chi connectivity index (χ1v) is 7.19. The molecule has 6 nitrogen and oxygen atoms in total. The summed E-state index contributed by atoms with van der Waals surface area (Å²) in [6, 6.07) is 8.61. The lowest BCUT2D eigenvalue weighted by Crippen LogP contribution is -2.13. The molecule has 0 radical (unpaired) electrons. The molecule has 3 rings (SSSR count). The van der Waals surface area contributed by atoms with Gasteiger partial charge in [0.15, 0.2) is 5.69 Å². The number of carbonyl (C=O) groups is 2. The maximum absolute atomic E-state index is 12.2. The third kappa shape index (κ3) is 3.16. The van der Waals surface area contributed by atoms with Crippen LogP contribution >= 0.6 is 0 Å². The predicted octanol–water partition coefficient (Wildman–Crippen LogP) is 2.18. The molecule has 0 spiro atoms. The lowest BCUT2D eigenvalue weighted by atomic mass is 10.1. The SMILES string of the molecule is Cn1nc(C(=O)Nc2ccc(CC(=O)O)cc2)cc1C1CC1. The van der Waals surface area contributed by atoms with Gasteiger partial charge in [-0.15, -0.1) is 0 Å². The maximum atomic E-state index is 12.2. The van der Waals surface area contributed by atoms with Crippen molar-refractivity contribution in [2.45, 2.75) is 25.2 Å². The number of carbonyl (C=O) groups excluding carboxylic acids is 1. The van der Waals surface area contributed by atoms with E-state index < -0.39 is 5.97 Å². The Morgan fingerprint density at radius 3 is 2.59 bits per heavy atom. The Balaban J connectivity index is 1.68. The molecule has 1 aliphatic carbocycles. The minimum absolute atomic E-state index is 0.0286. The maximum Gasteiger partial charge on any atom is 0.307 e. The van der Waals surface area contributed by atoms with E-state index in [1.165, 1.54) is 0 Å². The van der Waals surface area contributed by atoms with Crippen molar-refractivity contribution in [1.29, 1.82) is 0 Å². The summed E-state index contributed by atoms with van der Waals surface area (Å²) < 4.78 is 1.77. The Labute approximate surface area is 127 Å². The van der Waals surface area contributed by atoms with E-state index in [1.807, 2.05) is 13.1 Å². The number of hydrogen-bond donors (Lipinski definition) is 2. The van der Waals surface area contributed by atoms with Gasteiger partial charge in [0.2, 0.25) is 0 Å². The van der Waals surface area contributed by atoms with E-state index in [0.29, 0.717) is 22.9 Å². The lowest BCUT2D eigenvalue weighted by Gasteiger charge is -2.04. The molecule has 6 heteroatoms. The molecule has 0 saturated heterocycles. The van der Waals surface area contributed by atoms with Gasteiger partial charge >= 0.3 is 5.97 Å². The van der Waals surface area contributed by atoms with Crippen LogP contribution in [-0.4, -0.2) is 26.8 Å². The molecule has 0 atom stereocenters. The summed E-state index contributed by atoms with van der Waals surface area (Å²) in [4.78, 5) is 22.8. The molecule has 1 fully saturated rings. The molecule has 1 aromatic carbocycles. The minimum atomic E-state index is -0.877. The van der Waals surface area contributed by atoms with Gasteiger partial charge in [0, 0.05) is 24.3 Å². The molecule has 0 aliphatic heterocycles. The lowest BCUT2D eigenvalue weighted by molar-refractivity contribution is -0.136. The van der Waals surface area contributed by atoms with Gasteiger partial charge in [-0.1, -0.05) is 12.1 Å². The van der Waals surface area contributed by atoms with Crippen molar-refractivity contribution in [2.75, 3.05) is 5.32 Å². The van der Waals surface area contributed by atoms with E-state index >= 15 is 0 Å². The summed E-state index contributed by atoms with van der Waals surface area (Å²) in [6.07, 6.45) is 2.29. The third-order valence-electron chi connectivity index (χ3n) is 3.71. The van der Waals surface area contributed by atoms with Gasteiger partial charge in [-0.25, -0.2) is 0 Å². The molecule has 114 valence electrons. The van der Waals surface area contributed by atoms with Crippen molar-refractivity contribution < 1.29 is 14.7 Å². The van der Waals surface area contributed by atoms with Gasteiger partial charge in [-0.3, -0.25) is 14.3 Å². The van der Waals surface area contributed by atoms with Crippen LogP contribution in [0.4, 0.5) is 5.69 Å². The topological polar surface area (TPSA) is 84.2 Å². The van der Waals surface area contributed by atoms with Gasteiger partial charge in [0.05, 0.1) is 6.42 Å². The number of amides is 1. The van der Waals surface area contributed by atoms with Crippen LogP contribution in [-0.2, 0) is 18.3 Å². The average Bonchev–Trinajstić information content (AvgIpc) is 3.23. The Morgan fingerprint density at radius 2 is 2.00 bits per heavy atom.